The van der Waals surface area contributed by atoms with E-state index in [2.05, 4.69) is 5.32 Å². The van der Waals surface area contributed by atoms with E-state index in [4.69, 9.17) is 10.5 Å². The number of amides is 1. The molecular formula is C14H19FN2O2. The van der Waals surface area contributed by atoms with Gasteiger partial charge in [0, 0.05) is 18.5 Å². The van der Waals surface area contributed by atoms with E-state index >= 15 is 0 Å². The number of benzene rings is 1. The van der Waals surface area contributed by atoms with Gasteiger partial charge in [-0.25, -0.2) is 4.39 Å². The highest BCUT2D eigenvalue weighted by Crippen LogP contribution is 2.29. The second kappa shape index (κ2) is 6.02. The molecule has 5 heteroatoms. The van der Waals surface area contributed by atoms with Crippen LogP contribution in [0.5, 0.6) is 5.75 Å². The summed E-state index contributed by atoms with van der Waals surface area (Å²) in [4.78, 5) is 12.0. The number of methoxy groups -OCH3 is 1. The summed E-state index contributed by atoms with van der Waals surface area (Å²) in [5.41, 5.74) is 6.43. The number of halogens is 1. The number of carbonyl (C=O) groups is 1. The van der Waals surface area contributed by atoms with Crippen LogP contribution in [-0.2, 0) is 4.79 Å². The summed E-state index contributed by atoms with van der Waals surface area (Å²) in [6, 6.07) is 4.15. The third-order valence-electron chi connectivity index (χ3n) is 3.60. The number of ether oxygens (including phenoxy) is 1. The van der Waals surface area contributed by atoms with Crippen LogP contribution in [0.2, 0.25) is 0 Å². The van der Waals surface area contributed by atoms with Gasteiger partial charge in [-0.15, -0.1) is 0 Å². The van der Waals surface area contributed by atoms with Crippen molar-refractivity contribution in [3.8, 4) is 5.75 Å². The maximum Gasteiger partial charge on any atom is 0.224 e. The van der Waals surface area contributed by atoms with Crippen molar-refractivity contribution >= 4 is 11.6 Å². The number of anilines is 1. The summed E-state index contributed by atoms with van der Waals surface area (Å²) in [5, 5.41) is 2.75. The lowest BCUT2D eigenvalue weighted by molar-refractivity contribution is -0.117. The zero-order valence-corrected chi connectivity index (χ0v) is 11.0. The van der Waals surface area contributed by atoms with Crippen LogP contribution in [0.1, 0.15) is 25.7 Å². The first kappa shape index (κ1) is 13.8. The number of carbonyl (C=O) groups excluding carboxylic acids is 1. The summed E-state index contributed by atoms with van der Waals surface area (Å²) < 4.78 is 18.1. The third-order valence-corrected chi connectivity index (χ3v) is 3.60. The third kappa shape index (κ3) is 3.44. The first-order chi connectivity index (χ1) is 9.10. The molecule has 3 N–H and O–H groups in total. The van der Waals surface area contributed by atoms with E-state index in [1.165, 1.54) is 25.3 Å². The average Bonchev–Trinajstić information content (AvgIpc) is 2.77. The topological polar surface area (TPSA) is 64.3 Å². The molecule has 1 aromatic carbocycles. The van der Waals surface area contributed by atoms with Crippen LogP contribution < -0.4 is 15.8 Å². The van der Waals surface area contributed by atoms with Gasteiger partial charge in [-0.1, -0.05) is 6.42 Å². The highest BCUT2D eigenvalue weighted by atomic mass is 19.1. The molecule has 0 spiro atoms. The second-order valence-electron chi connectivity index (χ2n) is 4.95. The van der Waals surface area contributed by atoms with Gasteiger partial charge in [-0.2, -0.15) is 0 Å². The second-order valence-corrected chi connectivity index (χ2v) is 4.95. The number of hydrogen-bond donors (Lipinski definition) is 2. The number of nitrogens with two attached hydrogens (primary N) is 1. The van der Waals surface area contributed by atoms with Crippen LogP contribution in [0.15, 0.2) is 18.2 Å². The van der Waals surface area contributed by atoms with Gasteiger partial charge in [0.05, 0.1) is 12.8 Å². The maximum atomic E-state index is 13.0. The molecule has 0 aromatic heterocycles. The molecular weight excluding hydrogens is 247 g/mol. The van der Waals surface area contributed by atoms with E-state index < -0.39 is 5.82 Å². The Bertz CT molecular complexity index is 465. The Morgan fingerprint density at radius 3 is 2.95 bits per heavy atom. The standard InChI is InChI=1S/C14H19FN2O2/c1-19-13-8-10(15)5-6-12(13)17-14(18)7-9-3-2-4-11(9)16/h5-6,8-9,11H,2-4,7,16H2,1H3,(H,17,18)/t9-,11+/m0/s1. The Morgan fingerprint density at radius 1 is 1.53 bits per heavy atom. The van der Waals surface area contributed by atoms with Crippen LogP contribution in [0.25, 0.3) is 0 Å². The fraction of sp³-hybridized carbons (Fsp3) is 0.500. The van der Waals surface area contributed by atoms with Crippen molar-refractivity contribution in [1.29, 1.82) is 0 Å². The minimum Gasteiger partial charge on any atom is -0.494 e. The number of rotatable bonds is 4. The Balaban J connectivity index is 1.98. The predicted molar refractivity (Wildman–Crippen MR) is 71.5 cm³/mol. The van der Waals surface area contributed by atoms with E-state index in [0.717, 1.165) is 19.3 Å². The Hall–Kier alpha value is -1.62. The summed E-state index contributed by atoms with van der Waals surface area (Å²) in [6.07, 6.45) is 3.47. The highest BCUT2D eigenvalue weighted by molar-refractivity contribution is 5.92. The quantitative estimate of drug-likeness (QED) is 0.878. The van der Waals surface area contributed by atoms with Gasteiger partial charge >= 0.3 is 0 Å². The van der Waals surface area contributed by atoms with Gasteiger partial charge in [-0.3, -0.25) is 4.79 Å². The molecule has 1 aliphatic carbocycles. The molecule has 1 amide bonds. The van der Waals surface area contributed by atoms with Crippen LogP contribution in [0.4, 0.5) is 10.1 Å². The van der Waals surface area contributed by atoms with Crippen LogP contribution in [0, 0.1) is 11.7 Å². The van der Waals surface area contributed by atoms with Crippen LogP contribution in [0.3, 0.4) is 0 Å². The SMILES string of the molecule is COc1cc(F)ccc1NC(=O)C[C@@H]1CCC[C@H]1N. The van der Waals surface area contributed by atoms with E-state index in [1.807, 2.05) is 0 Å². The molecule has 4 nitrogen and oxygen atoms in total. The average molecular weight is 266 g/mol. The molecule has 1 saturated carbocycles. The van der Waals surface area contributed by atoms with Gasteiger partial charge in [0.25, 0.3) is 0 Å². The zero-order chi connectivity index (χ0) is 13.8. The van der Waals surface area contributed by atoms with Gasteiger partial charge in [-0.05, 0) is 30.9 Å². The van der Waals surface area contributed by atoms with Crippen molar-refractivity contribution in [2.75, 3.05) is 12.4 Å². The largest absolute Gasteiger partial charge is 0.494 e. The van der Waals surface area contributed by atoms with Gasteiger partial charge in [0.15, 0.2) is 0 Å². The van der Waals surface area contributed by atoms with Crippen LogP contribution in [-0.4, -0.2) is 19.1 Å². The normalized spacial score (nSPS) is 22.3. The van der Waals surface area contributed by atoms with E-state index in [-0.39, 0.29) is 17.9 Å². The molecule has 104 valence electrons. The van der Waals surface area contributed by atoms with Crippen molar-refractivity contribution in [3.05, 3.63) is 24.0 Å². The zero-order valence-electron chi connectivity index (χ0n) is 11.0. The van der Waals surface area contributed by atoms with Gasteiger partial charge < -0.3 is 15.8 Å². The minimum absolute atomic E-state index is 0.104. The van der Waals surface area contributed by atoms with Crippen LogP contribution >= 0.6 is 0 Å². The molecule has 0 bridgehead atoms. The molecule has 0 radical (unpaired) electrons. The fourth-order valence-corrected chi connectivity index (χ4v) is 2.53. The molecule has 0 heterocycles. The Morgan fingerprint density at radius 2 is 2.32 bits per heavy atom. The lowest BCUT2D eigenvalue weighted by Crippen LogP contribution is -2.28. The first-order valence-electron chi connectivity index (χ1n) is 6.49. The fourth-order valence-electron chi connectivity index (χ4n) is 2.53. The summed E-state index contributed by atoms with van der Waals surface area (Å²) in [5.74, 6) is 0.0652. The van der Waals surface area contributed by atoms with Crippen molar-refractivity contribution in [3.63, 3.8) is 0 Å². The molecule has 1 aliphatic rings. The van der Waals surface area contributed by atoms with Crippen molar-refractivity contribution in [2.45, 2.75) is 31.7 Å². The molecule has 2 rings (SSSR count). The smallest absolute Gasteiger partial charge is 0.224 e. The van der Waals surface area contributed by atoms with E-state index in [1.54, 1.807) is 0 Å². The minimum atomic E-state index is -0.396. The molecule has 19 heavy (non-hydrogen) atoms. The monoisotopic (exact) mass is 266 g/mol. The predicted octanol–water partition coefficient (Wildman–Crippen LogP) is 2.29. The molecule has 0 unspecified atom stereocenters. The summed E-state index contributed by atoms with van der Waals surface area (Å²) in [7, 11) is 1.44. The first-order valence-corrected chi connectivity index (χ1v) is 6.49. The van der Waals surface area contributed by atoms with Crippen molar-refractivity contribution in [2.24, 2.45) is 11.7 Å². The Labute approximate surface area is 112 Å². The number of hydrogen-bond acceptors (Lipinski definition) is 3. The lowest BCUT2D eigenvalue weighted by Gasteiger charge is -2.15. The highest BCUT2D eigenvalue weighted by Gasteiger charge is 2.26. The molecule has 2 atom stereocenters. The molecule has 1 aromatic rings. The van der Waals surface area contributed by atoms with Crippen molar-refractivity contribution in [1.82, 2.24) is 0 Å². The van der Waals surface area contributed by atoms with Gasteiger partial charge in [0.1, 0.15) is 11.6 Å². The summed E-state index contributed by atoms with van der Waals surface area (Å²) in [6.45, 7) is 0. The summed E-state index contributed by atoms with van der Waals surface area (Å²) >= 11 is 0. The van der Waals surface area contributed by atoms with Gasteiger partial charge in [0.2, 0.25) is 5.91 Å². The molecule has 1 fully saturated rings. The Kier molecular flexibility index (Phi) is 4.37. The molecule has 0 aliphatic heterocycles. The van der Waals surface area contributed by atoms with E-state index in [0.29, 0.717) is 17.9 Å². The molecule has 0 saturated heterocycles. The van der Waals surface area contributed by atoms with E-state index in [9.17, 15) is 9.18 Å². The lowest BCUT2D eigenvalue weighted by atomic mass is 10.00. The number of nitrogens with one attached hydrogen (secondary N) is 1. The van der Waals surface area contributed by atoms with Crippen molar-refractivity contribution < 1.29 is 13.9 Å². The maximum absolute atomic E-state index is 13.0.